The number of sulfonamides is 1. The van der Waals surface area contributed by atoms with Crippen molar-refractivity contribution < 1.29 is 13.2 Å². The van der Waals surface area contributed by atoms with Gasteiger partial charge in [-0.1, -0.05) is 30.7 Å². The van der Waals surface area contributed by atoms with Crippen LogP contribution in [0.2, 0.25) is 5.02 Å². The van der Waals surface area contributed by atoms with E-state index < -0.39 is 10.0 Å². The van der Waals surface area contributed by atoms with E-state index in [1.54, 1.807) is 40.7 Å². The maximum absolute atomic E-state index is 12.7. The zero-order chi connectivity index (χ0) is 17.2. The second kappa shape index (κ2) is 7.13. The van der Waals surface area contributed by atoms with E-state index in [-0.39, 0.29) is 0 Å². The van der Waals surface area contributed by atoms with Crippen LogP contribution in [0.15, 0.2) is 53.4 Å². The lowest BCUT2D eigenvalue weighted by molar-refractivity contribution is 0.288. The number of para-hydroxylation sites is 1. The second-order valence-electron chi connectivity index (χ2n) is 6.09. The summed E-state index contributed by atoms with van der Waals surface area (Å²) in [5, 5.41) is 0.511. The van der Waals surface area contributed by atoms with Crippen molar-refractivity contribution in [3.8, 4) is 11.5 Å². The Morgan fingerprint density at radius 2 is 1.67 bits per heavy atom. The van der Waals surface area contributed by atoms with Gasteiger partial charge in [-0.25, -0.2) is 8.42 Å². The molecular formula is C18H20ClNO3S. The first kappa shape index (κ1) is 17.3. The van der Waals surface area contributed by atoms with Crippen molar-refractivity contribution in [3.05, 3.63) is 53.6 Å². The Balaban J connectivity index is 1.75. The van der Waals surface area contributed by atoms with Crippen molar-refractivity contribution in [2.75, 3.05) is 13.1 Å². The number of halogens is 1. The van der Waals surface area contributed by atoms with Gasteiger partial charge in [-0.15, -0.1) is 0 Å². The van der Waals surface area contributed by atoms with E-state index in [0.29, 0.717) is 40.4 Å². The largest absolute Gasteiger partial charge is 0.456 e. The lowest BCUT2D eigenvalue weighted by Gasteiger charge is -2.29. The van der Waals surface area contributed by atoms with Crippen LogP contribution in [0.25, 0.3) is 0 Å². The minimum atomic E-state index is -3.43. The average molecular weight is 366 g/mol. The molecule has 0 aliphatic carbocycles. The molecule has 0 atom stereocenters. The average Bonchev–Trinajstić information content (AvgIpc) is 2.58. The number of rotatable bonds is 4. The standard InChI is InChI=1S/C18H20ClNO3S/c1-14-10-12-20(13-11-14)24(21,22)16-8-6-15(7-9-16)23-18-5-3-2-4-17(18)19/h2-9,14H,10-13H2,1H3. The molecule has 6 heteroatoms. The van der Waals surface area contributed by atoms with Gasteiger partial charge < -0.3 is 4.74 Å². The van der Waals surface area contributed by atoms with Gasteiger partial charge in [-0.3, -0.25) is 0 Å². The fourth-order valence-corrected chi connectivity index (χ4v) is 4.35. The molecule has 4 nitrogen and oxygen atoms in total. The molecule has 1 heterocycles. The van der Waals surface area contributed by atoms with E-state index in [9.17, 15) is 8.42 Å². The summed E-state index contributed by atoms with van der Waals surface area (Å²) in [4.78, 5) is 0.295. The van der Waals surface area contributed by atoms with Crippen molar-refractivity contribution >= 4 is 21.6 Å². The molecule has 1 saturated heterocycles. The smallest absolute Gasteiger partial charge is 0.243 e. The summed E-state index contributed by atoms with van der Waals surface area (Å²) in [7, 11) is -3.43. The number of ether oxygens (including phenoxy) is 1. The van der Waals surface area contributed by atoms with Crippen molar-refractivity contribution in [2.24, 2.45) is 5.92 Å². The molecule has 24 heavy (non-hydrogen) atoms. The van der Waals surface area contributed by atoms with Crippen LogP contribution in [0.4, 0.5) is 0 Å². The van der Waals surface area contributed by atoms with Crippen molar-refractivity contribution in [2.45, 2.75) is 24.7 Å². The summed E-state index contributed by atoms with van der Waals surface area (Å²) in [5.74, 6) is 1.68. The van der Waals surface area contributed by atoms with Crippen LogP contribution in [0.1, 0.15) is 19.8 Å². The summed E-state index contributed by atoms with van der Waals surface area (Å²) in [6, 6.07) is 13.6. The van der Waals surface area contributed by atoms with E-state index in [1.165, 1.54) is 0 Å². The van der Waals surface area contributed by atoms with Crippen molar-refractivity contribution in [1.29, 1.82) is 0 Å². The van der Waals surface area contributed by atoms with Gasteiger partial charge in [0.15, 0.2) is 0 Å². The van der Waals surface area contributed by atoms with E-state index in [1.807, 2.05) is 12.1 Å². The predicted molar refractivity (Wildman–Crippen MR) is 95.1 cm³/mol. The number of hydrogen-bond acceptors (Lipinski definition) is 3. The van der Waals surface area contributed by atoms with Crippen LogP contribution in [-0.2, 0) is 10.0 Å². The third-order valence-electron chi connectivity index (χ3n) is 4.27. The molecule has 1 aliphatic rings. The molecule has 0 unspecified atom stereocenters. The molecule has 0 bridgehead atoms. The number of benzene rings is 2. The Hall–Kier alpha value is -1.56. The molecule has 1 fully saturated rings. The molecule has 2 aromatic carbocycles. The van der Waals surface area contributed by atoms with Gasteiger partial charge >= 0.3 is 0 Å². The maximum atomic E-state index is 12.7. The first-order valence-electron chi connectivity index (χ1n) is 7.99. The normalized spacial score (nSPS) is 16.9. The van der Waals surface area contributed by atoms with E-state index in [4.69, 9.17) is 16.3 Å². The highest BCUT2D eigenvalue weighted by molar-refractivity contribution is 7.89. The number of nitrogens with zero attached hydrogens (tertiary/aromatic N) is 1. The van der Waals surface area contributed by atoms with Crippen LogP contribution < -0.4 is 4.74 Å². The molecule has 3 rings (SSSR count). The second-order valence-corrected chi connectivity index (χ2v) is 8.44. The monoisotopic (exact) mass is 365 g/mol. The summed E-state index contributed by atoms with van der Waals surface area (Å²) in [5.41, 5.74) is 0. The fraction of sp³-hybridized carbons (Fsp3) is 0.333. The van der Waals surface area contributed by atoms with Gasteiger partial charge in [0, 0.05) is 13.1 Å². The fourth-order valence-electron chi connectivity index (χ4n) is 2.71. The Bertz CT molecular complexity index is 797. The lowest BCUT2D eigenvalue weighted by atomic mass is 10.0. The molecule has 0 aromatic heterocycles. The molecule has 0 saturated carbocycles. The summed E-state index contributed by atoms with van der Waals surface area (Å²) in [6.45, 7) is 3.33. The molecule has 0 spiro atoms. The number of piperidine rings is 1. The topological polar surface area (TPSA) is 46.6 Å². The first-order chi connectivity index (χ1) is 11.5. The molecule has 128 valence electrons. The Kier molecular flexibility index (Phi) is 5.13. The third-order valence-corrected chi connectivity index (χ3v) is 6.49. The summed E-state index contributed by atoms with van der Waals surface area (Å²) < 4.78 is 32.6. The molecule has 1 aliphatic heterocycles. The highest BCUT2D eigenvalue weighted by atomic mass is 35.5. The van der Waals surface area contributed by atoms with Crippen molar-refractivity contribution in [1.82, 2.24) is 4.31 Å². The third kappa shape index (κ3) is 3.74. The zero-order valence-corrected chi connectivity index (χ0v) is 15.1. The van der Waals surface area contributed by atoms with Gasteiger partial charge in [-0.2, -0.15) is 4.31 Å². The highest BCUT2D eigenvalue weighted by Gasteiger charge is 2.27. The van der Waals surface area contributed by atoms with Crippen LogP contribution in [0.3, 0.4) is 0 Å². The van der Waals surface area contributed by atoms with E-state index >= 15 is 0 Å². The maximum Gasteiger partial charge on any atom is 0.243 e. The summed E-state index contributed by atoms with van der Waals surface area (Å²) >= 11 is 6.06. The zero-order valence-electron chi connectivity index (χ0n) is 13.5. The van der Waals surface area contributed by atoms with Crippen LogP contribution in [0, 0.1) is 5.92 Å². The SMILES string of the molecule is CC1CCN(S(=O)(=O)c2ccc(Oc3ccccc3Cl)cc2)CC1. The summed E-state index contributed by atoms with van der Waals surface area (Å²) in [6.07, 6.45) is 1.82. The Morgan fingerprint density at radius 3 is 2.29 bits per heavy atom. The van der Waals surface area contributed by atoms with Gasteiger partial charge in [-0.05, 0) is 55.2 Å². The van der Waals surface area contributed by atoms with Crippen LogP contribution in [0.5, 0.6) is 11.5 Å². The lowest BCUT2D eigenvalue weighted by Crippen LogP contribution is -2.37. The number of hydrogen-bond donors (Lipinski definition) is 0. The van der Waals surface area contributed by atoms with Gasteiger partial charge in [0.1, 0.15) is 11.5 Å². The Morgan fingerprint density at radius 1 is 1.04 bits per heavy atom. The molecule has 2 aromatic rings. The first-order valence-corrected chi connectivity index (χ1v) is 9.81. The quantitative estimate of drug-likeness (QED) is 0.798. The highest BCUT2D eigenvalue weighted by Crippen LogP contribution is 2.30. The molecule has 0 amide bonds. The molecular weight excluding hydrogens is 346 g/mol. The van der Waals surface area contributed by atoms with E-state index in [0.717, 1.165) is 12.8 Å². The Labute approximate surface area is 148 Å². The molecule has 0 N–H and O–H groups in total. The predicted octanol–water partition coefficient (Wildman–Crippen LogP) is 4.55. The van der Waals surface area contributed by atoms with Gasteiger partial charge in [0.2, 0.25) is 10.0 Å². The molecule has 0 radical (unpaired) electrons. The van der Waals surface area contributed by atoms with Crippen LogP contribution in [-0.4, -0.2) is 25.8 Å². The minimum absolute atomic E-state index is 0.295. The van der Waals surface area contributed by atoms with E-state index in [2.05, 4.69) is 6.92 Å². The minimum Gasteiger partial charge on any atom is -0.456 e. The van der Waals surface area contributed by atoms with Gasteiger partial charge in [0.05, 0.1) is 9.92 Å². The van der Waals surface area contributed by atoms with Crippen LogP contribution >= 0.6 is 11.6 Å². The van der Waals surface area contributed by atoms with Crippen molar-refractivity contribution in [3.63, 3.8) is 0 Å². The van der Waals surface area contributed by atoms with Gasteiger partial charge in [0.25, 0.3) is 0 Å².